The maximum absolute atomic E-state index is 12.0. The number of nitrogens with one attached hydrogen (secondary N) is 2. The topological polar surface area (TPSA) is 76.7 Å². The number of benzene rings is 1. The van der Waals surface area contributed by atoms with Crippen LogP contribution < -0.4 is 15.4 Å². The molecule has 136 valence electrons. The highest BCUT2D eigenvalue weighted by atomic mass is 35.5. The maximum Gasteiger partial charge on any atom is 0.257 e. The Labute approximate surface area is 152 Å². The molecule has 1 fully saturated rings. The highest BCUT2D eigenvalue weighted by molar-refractivity contribution is 6.30. The summed E-state index contributed by atoms with van der Waals surface area (Å²) >= 11 is 5.78. The van der Waals surface area contributed by atoms with E-state index in [0.29, 0.717) is 36.0 Å². The van der Waals surface area contributed by atoms with Gasteiger partial charge < -0.3 is 20.1 Å². The van der Waals surface area contributed by atoms with Crippen molar-refractivity contribution in [3.05, 3.63) is 41.6 Å². The zero-order chi connectivity index (χ0) is 18.1. The monoisotopic (exact) mass is 366 g/mol. The number of amides is 2. The van der Waals surface area contributed by atoms with Gasteiger partial charge in [0.05, 0.1) is 0 Å². The van der Waals surface area contributed by atoms with E-state index >= 15 is 0 Å². The van der Waals surface area contributed by atoms with Crippen LogP contribution in [0, 0.1) is 0 Å². The lowest BCUT2D eigenvalue weighted by molar-refractivity contribution is -0.134. The van der Waals surface area contributed by atoms with Gasteiger partial charge in [0.25, 0.3) is 11.8 Å². The van der Waals surface area contributed by atoms with E-state index in [1.807, 2.05) is 0 Å². The lowest BCUT2D eigenvalue weighted by Gasteiger charge is -2.22. The van der Waals surface area contributed by atoms with E-state index in [1.165, 1.54) is 0 Å². The summed E-state index contributed by atoms with van der Waals surface area (Å²) in [4.78, 5) is 23.7. The number of carbonyl (C=O) groups is 2. The van der Waals surface area contributed by atoms with Crippen LogP contribution in [-0.2, 0) is 14.3 Å². The second-order valence-electron chi connectivity index (χ2n) is 5.79. The number of ether oxygens (including phenoxy) is 2. The highest BCUT2D eigenvalue weighted by Gasteiger charge is 2.21. The number of hydrogen-bond acceptors (Lipinski definition) is 4. The molecule has 2 amide bonds. The molecule has 1 unspecified atom stereocenters. The van der Waals surface area contributed by atoms with E-state index < -0.39 is 6.10 Å². The van der Waals surface area contributed by atoms with E-state index in [-0.39, 0.29) is 18.4 Å². The third kappa shape index (κ3) is 7.15. The Balaban J connectivity index is 1.59. The van der Waals surface area contributed by atoms with Gasteiger partial charge in [-0.05, 0) is 43.5 Å². The number of halogens is 1. The van der Waals surface area contributed by atoms with Gasteiger partial charge in [-0.1, -0.05) is 18.2 Å². The average molecular weight is 367 g/mol. The lowest BCUT2D eigenvalue weighted by Crippen LogP contribution is -2.38. The minimum absolute atomic E-state index is 0.0869. The van der Waals surface area contributed by atoms with Crippen LogP contribution in [0.3, 0.4) is 0 Å². The molecule has 0 saturated carbocycles. The van der Waals surface area contributed by atoms with Crippen molar-refractivity contribution in [1.29, 1.82) is 0 Å². The fraction of sp³-hybridized carbons (Fsp3) is 0.444. The van der Waals surface area contributed by atoms with Gasteiger partial charge in [0.15, 0.2) is 6.61 Å². The van der Waals surface area contributed by atoms with Gasteiger partial charge in [-0.15, -0.1) is 0 Å². The Morgan fingerprint density at radius 2 is 2.04 bits per heavy atom. The number of rotatable bonds is 8. The predicted molar refractivity (Wildman–Crippen MR) is 95.4 cm³/mol. The zero-order valence-corrected chi connectivity index (χ0v) is 14.8. The van der Waals surface area contributed by atoms with E-state index in [4.69, 9.17) is 21.1 Å². The summed E-state index contributed by atoms with van der Waals surface area (Å²) in [7, 11) is 0. The van der Waals surface area contributed by atoms with Gasteiger partial charge in [0, 0.05) is 30.3 Å². The molecule has 0 aliphatic carbocycles. The molecule has 1 aliphatic rings. The SMILES string of the molecule is C=C(CCNC(=O)COc1ccc(Cl)cc1)NC(=O)C1CCCCO1. The number of carbonyl (C=O) groups excluding carboxylic acids is 2. The largest absolute Gasteiger partial charge is 0.484 e. The predicted octanol–water partition coefficient (Wildman–Crippen LogP) is 2.42. The second-order valence-corrected chi connectivity index (χ2v) is 6.23. The Morgan fingerprint density at radius 3 is 2.72 bits per heavy atom. The van der Waals surface area contributed by atoms with Crippen LogP contribution in [-0.4, -0.2) is 37.7 Å². The zero-order valence-electron chi connectivity index (χ0n) is 14.1. The minimum atomic E-state index is -0.395. The summed E-state index contributed by atoms with van der Waals surface area (Å²) < 4.78 is 10.8. The van der Waals surface area contributed by atoms with Crippen LogP contribution >= 0.6 is 11.6 Å². The molecular weight excluding hydrogens is 344 g/mol. The molecule has 2 rings (SSSR count). The van der Waals surface area contributed by atoms with Gasteiger partial charge in [-0.25, -0.2) is 0 Å². The molecule has 1 heterocycles. The van der Waals surface area contributed by atoms with Crippen LogP contribution in [0.1, 0.15) is 25.7 Å². The van der Waals surface area contributed by atoms with Gasteiger partial charge in [-0.2, -0.15) is 0 Å². The molecule has 1 aromatic rings. The maximum atomic E-state index is 12.0. The van der Waals surface area contributed by atoms with Crippen LogP contribution in [0.15, 0.2) is 36.5 Å². The van der Waals surface area contributed by atoms with Crippen LogP contribution in [0.5, 0.6) is 5.75 Å². The van der Waals surface area contributed by atoms with Crippen molar-refractivity contribution in [1.82, 2.24) is 10.6 Å². The Hall–Kier alpha value is -2.05. The standard InChI is InChI=1S/C18H23ClN2O4/c1-13(21-18(23)16-4-2-3-11-24-16)9-10-20-17(22)12-25-15-7-5-14(19)6-8-15/h5-8,16H,1-4,9-12H2,(H,20,22)(H,21,23). The van der Waals surface area contributed by atoms with Crippen LogP contribution in [0.25, 0.3) is 0 Å². The van der Waals surface area contributed by atoms with Gasteiger partial charge in [0.1, 0.15) is 11.9 Å². The fourth-order valence-corrected chi connectivity index (χ4v) is 2.47. The molecule has 1 aliphatic heterocycles. The highest BCUT2D eigenvalue weighted by Crippen LogP contribution is 2.15. The van der Waals surface area contributed by atoms with Crippen molar-refractivity contribution >= 4 is 23.4 Å². The molecule has 6 nitrogen and oxygen atoms in total. The summed E-state index contributed by atoms with van der Waals surface area (Å²) in [5, 5.41) is 6.06. The molecule has 7 heteroatoms. The van der Waals surface area contributed by atoms with Crippen LogP contribution in [0.4, 0.5) is 0 Å². The van der Waals surface area contributed by atoms with Gasteiger partial charge >= 0.3 is 0 Å². The Morgan fingerprint density at radius 1 is 1.28 bits per heavy atom. The quantitative estimate of drug-likeness (QED) is 0.740. The van der Waals surface area contributed by atoms with Gasteiger partial charge in [0.2, 0.25) is 0 Å². The van der Waals surface area contributed by atoms with E-state index in [1.54, 1.807) is 24.3 Å². The molecule has 1 saturated heterocycles. The van der Waals surface area contributed by atoms with Crippen LogP contribution in [0.2, 0.25) is 5.02 Å². The molecule has 1 aromatic carbocycles. The third-order valence-electron chi connectivity index (χ3n) is 3.70. The lowest BCUT2D eigenvalue weighted by atomic mass is 10.1. The van der Waals surface area contributed by atoms with Crippen molar-refractivity contribution in [2.24, 2.45) is 0 Å². The molecule has 1 atom stereocenters. The second kappa shape index (κ2) is 10.1. The summed E-state index contributed by atoms with van der Waals surface area (Å²) in [6.07, 6.45) is 2.78. The molecule has 2 N–H and O–H groups in total. The number of hydrogen-bond donors (Lipinski definition) is 2. The first kappa shape index (κ1) is 19.3. The molecular formula is C18H23ClN2O4. The molecule has 0 radical (unpaired) electrons. The van der Waals surface area contributed by atoms with E-state index in [0.717, 1.165) is 19.3 Å². The minimum Gasteiger partial charge on any atom is -0.484 e. The van der Waals surface area contributed by atoms with Crippen molar-refractivity contribution in [3.63, 3.8) is 0 Å². The Bertz CT molecular complexity index is 598. The molecule has 0 bridgehead atoms. The first-order valence-corrected chi connectivity index (χ1v) is 8.67. The van der Waals surface area contributed by atoms with E-state index in [9.17, 15) is 9.59 Å². The molecule has 0 aromatic heterocycles. The first-order chi connectivity index (χ1) is 12.0. The van der Waals surface area contributed by atoms with Crippen molar-refractivity contribution < 1.29 is 19.1 Å². The normalized spacial score (nSPS) is 16.8. The van der Waals surface area contributed by atoms with Gasteiger partial charge in [-0.3, -0.25) is 9.59 Å². The van der Waals surface area contributed by atoms with Crippen molar-refractivity contribution in [2.75, 3.05) is 19.8 Å². The summed E-state index contributed by atoms with van der Waals surface area (Å²) in [5.74, 6) is 0.162. The Kier molecular flexibility index (Phi) is 7.76. The molecule has 0 spiro atoms. The van der Waals surface area contributed by atoms with E-state index in [2.05, 4.69) is 17.2 Å². The molecule has 25 heavy (non-hydrogen) atoms. The summed E-state index contributed by atoms with van der Waals surface area (Å²) in [5.41, 5.74) is 0.554. The first-order valence-electron chi connectivity index (χ1n) is 8.30. The smallest absolute Gasteiger partial charge is 0.257 e. The summed E-state index contributed by atoms with van der Waals surface area (Å²) in [6, 6.07) is 6.77. The van der Waals surface area contributed by atoms with Crippen molar-refractivity contribution in [3.8, 4) is 5.75 Å². The fourth-order valence-electron chi connectivity index (χ4n) is 2.35. The third-order valence-corrected chi connectivity index (χ3v) is 3.96. The summed E-state index contributed by atoms with van der Waals surface area (Å²) in [6.45, 7) is 4.71. The van der Waals surface area contributed by atoms with Crippen molar-refractivity contribution in [2.45, 2.75) is 31.8 Å². The average Bonchev–Trinajstić information content (AvgIpc) is 2.62.